The van der Waals surface area contributed by atoms with Crippen molar-refractivity contribution in [2.75, 3.05) is 31.6 Å². The predicted molar refractivity (Wildman–Crippen MR) is 139 cm³/mol. The van der Waals surface area contributed by atoms with Crippen LogP contribution in [0.5, 0.6) is 0 Å². The number of nitriles is 1. The summed E-state index contributed by atoms with van der Waals surface area (Å²) in [5.74, 6) is -0.343. The van der Waals surface area contributed by atoms with Gasteiger partial charge in [-0.15, -0.1) is 0 Å². The molecule has 8 heteroatoms. The van der Waals surface area contributed by atoms with Gasteiger partial charge >= 0.3 is 6.09 Å². The van der Waals surface area contributed by atoms with Gasteiger partial charge in [-0.05, 0) is 89.5 Å². The Morgan fingerprint density at radius 3 is 2.68 bits per heavy atom. The van der Waals surface area contributed by atoms with Gasteiger partial charge in [-0.25, -0.2) is 9.18 Å². The van der Waals surface area contributed by atoms with Crippen LogP contribution in [-0.4, -0.2) is 72.1 Å². The molecule has 0 N–H and O–H groups in total. The molecule has 1 aliphatic carbocycles. The minimum atomic E-state index is -0.646. The summed E-state index contributed by atoms with van der Waals surface area (Å²) in [4.78, 5) is 32.6. The quantitative estimate of drug-likeness (QED) is 0.565. The fraction of sp³-hybridized carbons (Fsp3) is 0.690. The van der Waals surface area contributed by atoms with E-state index in [9.17, 15) is 14.9 Å². The molecule has 2 bridgehead atoms. The molecule has 3 heterocycles. The lowest BCUT2D eigenvalue weighted by Gasteiger charge is -2.35. The van der Waals surface area contributed by atoms with E-state index >= 15 is 4.39 Å². The highest BCUT2D eigenvalue weighted by molar-refractivity contribution is 5.89. The molecular weight excluding hydrogens is 471 g/mol. The molecule has 3 aliphatic heterocycles. The second kappa shape index (κ2) is 9.90. The Morgan fingerprint density at radius 1 is 1.19 bits per heavy atom. The Hall–Kier alpha value is -2.66. The van der Waals surface area contributed by atoms with Crippen molar-refractivity contribution >= 4 is 17.6 Å². The van der Waals surface area contributed by atoms with Gasteiger partial charge in [-0.1, -0.05) is 6.07 Å². The SMILES string of the molecule is CN1CC2CCN(c3ccc(C[C@@H](C#N)CC(=O)[C@@H]4[C@H]5CC[C@H](C5)N4C(=O)OC(C)(C)C)c(F)c3)C2C1. The minimum Gasteiger partial charge on any atom is -0.444 e. The molecule has 200 valence electrons. The summed E-state index contributed by atoms with van der Waals surface area (Å²) in [6.45, 7) is 8.47. The molecule has 0 radical (unpaired) electrons. The van der Waals surface area contributed by atoms with Crippen LogP contribution in [0.3, 0.4) is 0 Å². The minimum absolute atomic E-state index is 0.00703. The molecule has 2 unspecified atom stereocenters. The number of ketones is 1. The van der Waals surface area contributed by atoms with E-state index in [1.165, 1.54) is 0 Å². The number of ether oxygens (including phenoxy) is 1. The largest absolute Gasteiger partial charge is 0.444 e. The van der Waals surface area contributed by atoms with Crippen LogP contribution in [0.4, 0.5) is 14.9 Å². The fourth-order valence-corrected chi connectivity index (χ4v) is 7.15. The molecule has 4 aliphatic rings. The van der Waals surface area contributed by atoms with Crippen molar-refractivity contribution in [3.05, 3.63) is 29.6 Å². The normalized spacial score (nSPS) is 29.9. The van der Waals surface area contributed by atoms with Crippen LogP contribution in [0.1, 0.15) is 58.4 Å². The van der Waals surface area contributed by atoms with Crippen molar-refractivity contribution in [3.8, 4) is 6.07 Å². The first-order valence-electron chi connectivity index (χ1n) is 13.7. The number of likely N-dealkylation sites (tertiary alicyclic amines) is 2. The molecule has 3 saturated heterocycles. The first kappa shape index (κ1) is 26.0. The lowest BCUT2D eigenvalue weighted by Crippen LogP contribution is -2.51. The van der Waals surface area contributed by atoms with Gasteiger partial charge < -0.3 is 14.5 Å². The van der Waals surface area contributed by atoms with Gasteiger partial charge in [0.15, 0.2) is 5.78 Å². The van der Waals surface area contributed by atoms with E-state index in [-0.39, 0.29) is 36.4 Å². The number of fused-ring (bicyclic) bond motifs is 3. The smallest absolute Gasteiger partial charge is 0.411 e. The van der Waals surface area contributed by atoms with Crippen molar-refractivity contribution in [2.24, 2.45) is 17.8 Å². The number of halogens is 1. The Morgan fingerprint density at radius 2 is 1.97 bits per heavy atom. The number of hydrogen-bond donors (Lipinski definition) is 0. The molecule has 0 spiro atoms. The number of likely N-dealkylation sites (N-methyl/N-ethyl adjacent to an activating group) is 1. The average Bonchev–Trinajstić information content (AvgIpc) is 3.59. The zero-order chi connectivity index (χ0) is 26.5. The molecule has 6 atom stereocenters. The third kappa shape index (κ3) is 5.20. The number of piperidine rings is 1. The monoisotopic (exact) mass is 510 g/mol. The van der Waals surface area contributed by atoms with E-state index in [0.717, 1.165) is 51.0 Å². The number of carbonyl (C=O) groups excluding carboxylic acids is 2. The number of rotatable bonds is 6. The number of Topliss-reactive ketones (excluding diaryl/α,β-unsaturated/α-hetero) is 1. The maximum Gasteiger partial charge on any atom is 0.411 e. The Labute approximate surface area is 219 Å². The van der Waals surface area contributed by atoms with E-state index in [1.54, 1.807) is 17.0 Å². The molecule has 1 saturated carbocycles. The van der Waals surface area contributed by atoms with Crippen molar-refractivity contribution in [1.29, 1.82) is 5.26 Å². The third-order valence-electron chi connectivity index (χ3n) is 8.71. The maximum absolute atomic E-state index is 15.2. The van der Waals surface area contributed by atoms with Crippen LogP contribution in [0.25, 0.3) is 0 Å². The Balaban J connectivity index is 1.25. The highest BCUT2D eigenvalue weighted by Crippen LogP contribution is 2.44. The van der Waals surface area contributed by atoms with Crippen molar-refractivity contribution in [2.45, 2.75) is 83.0 Å². The van der Waals surface area contributed by atoms with E-state index < -0.39 is 23.7 Å². The van der Waals surface area contributed by atoms with E-state index in [2.05, 4.69) is 22.9 Å². The van der Waals surface area contributed by atoms with E-state index in [0.29, 0.717) is 17.5 Å². The number of anilines is 1. The summed E-state index contributed by atoms with van der Waals surface area (Å²) in [6.07, 6.45) is 3.44. The van der Waals surface area contributed by atoms with Crippen LogP contribution in [0.2, 0.25) is 0 Å². The van der Waals surface area contributed by atoms with Gasteiger partial charge in [0.2, 0.25) is 0 Å². The van der Waals surface area contributed by atoms with Crippen molar-refractivity contribution in [1.82, 2.24) is 9.80 Å². The molecule has 1 amide bonds. The third-order valence-corrected chi connectivity index (χ3v) is 8.71. The van der Waals surface area contributed by atoms with Gasteiger partial charge in [-0.3, -0.25) is 9.69 Å². The highest BCUT2D eigenvalue weighted by Gasteiger charge is 2.52. The summed E-state index contributed by atoms with van der Waals surface area (Å²) in [6, 6.07) is 7.43. The number of carbonyl (C=O) groups is 2. The zero-order valence-corrected chi connectivity index (χ0v) is 22.5. The van der Waals surface area contributed by atoms with Gasteiger partial charge in [0.05, 0.1) is 18.0 Å². The van der Waals surface area contributed by atoms with E-state index in [1.807, 2.05) is 26.8 Å². The van der Waals surface area contributed by atoms with Crippen LogP contribution in [0, 0.1) is 34.9 Å². The van der Waals surface area contributed by atoms with Crippen LogP contribution < -0.4 is 4.90 Å². The zero-order valence-electron chi connectivity index (χ0n) is 22.5. The van der Waals surface area contributed by atoms with Crippen LogP contribution in [-0.2, 0) is 16.0 Å². The van der Waals surface area contributed by atoms with Gasteiger partial charge in [0.25, 0.3) is 0 Å². The number of benzene rings is 1. The number of nitrogens with zero attached hydrogens (tertiary/aromatic N) is 4. The van der Waals surface area contributed by atoms with Crippen LogP contribution >= 0.6 is 0 Å². The first-order valence-corrected chi connectivity index (χ1v) is 13.7. The standard InChI is InChI=1S/C29H39FN4O3/c1-29(2,3)37-28(36)34-23-8-6-20(13-23)27(34)26(35)12-18(15-31)11-19-5-7-22(14-24(19)30)33-10-9-21-16-32(4)17-25(21)33/h5,7,14,18,20-21,23,25,27H,6,8-13,16-17H2,1-4H3/t18-,20+,21?,23-,25?,27+/m1/s1. The van der Waals surface area contributed by atoms with Gasteiger partial charge in [0, 0.05) is 43.8 Å². The number of amides is 1. The molecule has 4 fully saturated rings. The molecule has 0 aromatic heterocycles. The highest BCUT2D eigenvalue weighted by atomic mass is 19.1. The second-order valence-electron chi connectivity index (χ2n) is 12.6. The average molecular weight is 511 g/mol. The molecule has 37 heavy (non-hydrogen) atoms. The Kier molecular flexibility index (Phi) is 6.95. The van der Waals surface area contributed by atoms with Crippen LogP contribution in [0.15, 0.2) is 18.2 Å². The summed E-state index contributed by atoms with van der Waals surface area (Å²) >= 11 is 0. The molecule has 1 aromatic rings. The fourth-order valence-electron chi connectivity index (χ4n) is 7.15. The van der Waals surface area contributed by atoms with Crippen molar-refractivity contribution < 1.29 is 18.7 Å². The molecule has 5 rings (SSSR count). The van der Waals surface area contributed by atoms with Gasteiger partial charge in [0.1, 0.15) is 11.4 Å². The Bertz CT molecular complexity index is 1100. The summed E-state index contributed by atoms with van der Waals surface area (Å²) in [5.41, 5.74) is 0.706. The number of hydrogen-bond acceptors (Lipinski definition) is 6. The lowest BCUT2D eigenvalue weighted by molar-refractivity contribution is -0.126. The van der Waals surface area contributed by atoms with E-state index in [4.69, 9.17) is 4.74 Å². The van der Waals surface area contributed by atoms with Gasteiger partial charge in [-0.2, -0.15) is 5.26 Å². The summed E-state index contributed by atoms with van der Waals surface area (Å²) in [5, 5.41) is 9.84. The summed E-state index contributed by atoms with van der Waals surface area (Å²) < 4.78 is 20.8. The molecular formula is C29H39FN4O3. The second-order valence-corrected chi connectivity index (χ2v) is 12.6. The molecule has 1 aromatic carbocycles. The van der Waals surface area contributed by atoms with Crippen molar-refractivity contribution in [3.63, 3.8) is 0 Å². The topological polar surface area (TPSA) is 76.9 Å². The predicted octanol–water partition coefficient (Wildman–Crippen LogP) is 4.40. The molecule has 7 nitrogen and oxygen atoms in total. The lowest BCUT2D eigenvalue weighted by atomic mass is 9.88. The summed E-state index contributed by atoms with van der Waals surface area (Å²) in [7, 11) is 2.13. The maximum atomic E-state index is 15.2. The first-order chi connectivity index (χ1) is 17.5.